The summed E-state index contributed by atoms with van der Waals surface area (Å²) in [6.45, 7) is 2.36. The first-order valence-corrected chi connectivity index (χ1v) is 7.10. The van der Waals surface area contributed by atoms with Crippen molar-refractivity contribution >= 4 is 5.91 Å². The molecule has 2 aliphatic heterocycles. The van der Waals surface area contributed by atoms with E-state index >= 15 is 0 Å². The van der Waals surface area contributed by atoms with Gasteiger partial charge in [-0.1, -0.05) is 0 Å². The zero-order valence-electron chi connectivity index (χ0n) is 11.7. The second-order valence-electron chi connectivity index (χ2n) is 5.19. The van der Waals surface area contributed by atoms with Crippen LogP contribution in [0.5, 0.6) is 0 Å². The molecule has 0 aliphatic carbocycles. The number of amides is 1. The van der Waals surface area contributed by atoms with E-state index in [0.717, 1.165) is 18.5 Å². The molecule has 108 valence electrons. The molecule has 1 amide bonds. The van der Waals surface area contributed by atoms with Crippen LogP contribution in [-0.2, 0) is 21.3 Å². The zero-order valence-corrected chi connectivity index (χ0v) is 11.7. The molecule has 3 heterocycles. The molecule has 1 aromatic heterocycles. The van der Waals surface area contributed by atoms with Gasteiger partial charge in [0.25, 0.3) is 5.91 Å². The summed E-state index contributed by atoms with van der Waals surface area (Å²) in [5, 5.41) is 0. The summed E-state index contributed by atoms with van der Waals surface area (Å²) >= 11 is 0. The molecule has 0 unspecified atom stereocenters. The van der Waals surface area contributed by atoms with Crippen molar-refractivity contribution in [2.24, 2.45) is 7.05 Å². The van der Waals surface area contributed by atoms with Gasteiger partial charge in [0.2, 0.25) is 0 Å². The Hall–Kier alpha value is -1.75. The van der Waals surface area contributed by atoms with Gasteiger partial charge in [0.1, 0.15) is 0 Å². The molecule has 0 bridgehead atoms. The molecule has 5 heteroatoms. The molecule has 0 N–H and O–H groups in total. The van der Waals surface area contributed by atoms with Gasteiger partial charge in [-0.2, -0.15) is 0 Å². The van der Waals surface area contributed by atoms with Crippen molar-refractivity contribution in [2.45, 2.75) is 18.9 Å². The van der Waals surface area contributed by atoms with E-state index in [9.17, 15) is 4.79 Å². The summed E-state index contributed by atoms with van der Waals surface area (Å²) in [5.41, 5.74) is 1.09. The molecule has 1 fully saturated rings. The lowest BCUT2D eigenvalue weighted by molar-refractivity contribution is -0.140. The number of nitrogens with zero attached hydrogens (tertiary/aromatic N) is 2. The third-order valence-electron chi connectivity index (χ3n) is 3.86. The Morgan fingerprint density at radius 2 is 2.30 bits per heavy atom. The molecule has 1 atom stereocenters. The maximum absolute atomic E-state index is 12.6. The quantitative estimate of drug-likeness (QED) is 0.824. The van der Waals surface area contributed by atoms with Crippen LogP contribution < -0.4 is 0 Å². The highest BCUT2D eigenvalue weighted by Gasteiger charge is 2.32. The number of hydrogen-bond donors (Lipinski definition) is 0. The Morgan fingerprint density at radius 3 is 3.00 bits per heavy atom. The lowest BCUT2D eigenvalue weighted by Crippen LogP contribution is -2.45. The van der Waals surface area contributed by atoms with Gasteiger partial charge in [-0.3, -0.25) is 4.79 Å². The normalized spacial score (nSPS) is 23.1. The Bertz CT molecular complexity index is 521. The summed E-state index contributed by atoms with van der Waals surface area (Å²) in [7, 11) is 1.99. The summed E-state index contributed by atoms with van der Waals surface area (Å²) in [4.78, 5) is 14.5. The summed E-state index contributed by atoms with van der Waals surface area (Å²) in [5.74, 6) is 0.483. The van der Waals surface area contributed by atoms with Crippen molar-refractivity contribution in [1.82, 2.24) is 9.47 Å². The molecule has 20 heavy (non-hydrogen) atoms. The zero-order chi connectivity index (χ0) is 13.9. The number of aryl methyl sites for hydroxylation is 1. The lowest BCUT2D eigenvalue weighted by Gasteiger charge is -2.36. The minimum absolute atomic E-state index is 0.0146. The first-order chi connectivity index (χ1) is 9.77. The average Bonchev–Trinajstić information content (AvgIpc) is 2.93. The highest BCUT2D eigenvalue weighted by molar-refractivity contribution is 5.92. The minimum Gasteiger partial charge on any atom is -0.488 e. The number of hydrogen-bond acceptors (Lipinski definition) is 3. The average molecular weight is 276 g/mol. The summed E-state index contributed by atoms with van der Waals surface area (Å²) in [6.07, 6.45) is 5.80. The maximum atomic E-state index is 12.6. The predicted octanol–water partition coefficient (Wildman–Crippen LogP) is 1.62. The first-order valence-electron chi connectivity index (χ1n) is 7.10. The smallest absolute Gasteiger partial charge is 0.289 e. The SMILES string of the molecule is Cn1cccc1[C@@H]1COCCN1C(=O)C1=CCCCO1. The number of ether oxygens (including phenoxy) is 2. The monoisotopic (exact) mass is 276 g/mol. The van der Waals surface area contributed by atoms with Crippen molar-refractivity contribution < 1.29 is 14.3 Å². The Labute approximate surface area is 118 Å². The van der Waals surface area contributed by atoms with Crippen molar-refractivity contribution in [3.63, 3.8) is 0 Å². The van der Waals surface area contributed by atoms with Gasteiger partial charge in [0.15, 0.2) is 5.76 Å². The number of aromatic nitrogens is 1. The van der Waals surface area contributed by atoms with Crippen LogP contribution in [0, 0.1) is 0 Å². The van der Waals surface area contributed by atoms with Crippen molar-refractivity contribution in [1.29, 1.82) is 0 Å². The van der Waals surface area contributed by atoms with Gasteiger partial charge < -0.3 is 18.9 Å². The van der Waals surface area contributed by atoms with Crippen molar-refractivity contribution in [3.05, 3.63) is 35.9 Å². The molecular weight excluding hydrogens is 256 g/mol. The van der Waals surface area contributed by atoms with Gasteiger partial charge in [0.05, 0.1) is 25.9 Å². The molecule has 1 saturated heterocycles. The van der Waals surface area contributed by atoms with Crippen molar-refractivity contribution in [3.8, 4) is 0 Å². The van der Waals surface area contributed by atoms with E-state index in [1.54, 1.807) is 0 Å². The highest BCUT2D eigenvalue weighted by atomic mass is 16.5. The third-order valence-corrected chi connectivity index (χ3v) is 3.86. The van der Waals surface area contributed by atoms with Crippen LogP contribution in [0.3, 0.4) is 0 Å². The van der Waals surface area contributed by atoms with E-state index < -0.39 is 0 Å². The highest BCUT2D eigenvalue weighted by Crippen LogP contribution is 2.26. The van der Waals surface area contributed by atoms with Gasteiger partial charge in [-0.25, -0.2) is 0 Å². The number of carbonyl (C=O) groups is 1. The standard InChI is InChI=1S/C15H20N2O3/c1-16-7-4-5-12(16)13-11-19-10-8-17(13)15(18)14-6-2-3-9-20-14/h4-7,13H,2-3,8-11H2,1H3/t13-/m0/s1. The van der Waals surface area contributed by atoms with Crippen LogP contribution in [0.4, 0.5) is 0 Å². The predicted molar refractivity (Wildman–Crippen MR) is 74.0 cm³/mol. The van der Waals surface area contributed by atoms with Crippen LogP contribution in [0.15, 0.2) is 30.2 Å². The Morgan fingerprint density at radius 1 is 1.40 bits per heavy atom. The topological polar surface area (TPSA) is 43.7 Å². The van der Waals surface area contributed by atoms with Gasteiger partial charge >= 0.3 is 0 Å². The summed E-state index contributed by atoms with van der Waals surface area (Å²) in [6, 6.07) is 3.99. The van der Waals surface area contributed by atoms with Crippen LogP contribution in [0.1, 0.15) is 24.6 Å². The molecule has 3 rings (SSSR count). The van der Waals surface area contributed by atoms with Gasteiger partial charge in [-0.05, 0) is 31.1 Å². The fraction of sp³-hybridized carbons (Fsp3) is 0.533. The number of rotatable bonds is 2. The van der Waals surface area contributed by atoms with E-state index in [2.05, 4.69) is 0 Å². The van der Waals surface area contributed by atoms with Crippen LogP contribution in [0.2, 0.25) is 0 Å². The fourth-order valence-corrected chi connectivity index (χ4v) is 2.76. The fourth-order valence-electron chi connectivity index (χ4n) is 2.76. The molecule has 0 spiro atoms. The van der Waals surface area contributed by atoms with E-state index in [0.29, 0.717) is 32.1 Å². The number of morpholine rings is 1. The van der Waals surface area contributed by atoms with E-state index in [1.807, 2.05) is 40.9 Å². The first kappa shape index (κ1) is 13.2. The second-order valence-corrected chi connectivity index (χ2v) is 5.19. The molecule has 0 radical (unpaired) electrons. The molecule has 2 aliphatic rings. The van der Waals surface area contributed by atoms with Crippen molar-refractivity contribution in [2.75, 3.05) is 26.4 Å². The third kappa shape index (κ3) is 2.45. The Kier molecular flexibility index (Phi) is 3.78. The minimum atomic E-state index is -0.0392. The van der Waals surface area contributed by atoms with Crippen LogP contribution in [-0.4, -0.2) is 41.7 Å². The van der Waals surface area contributed by atoms with Gasteiger partial charge in [0, 0.05) is 25.5 Å². The number of allylic oxidation sites excluding steroid dienone is 1. The van der Waals surface area contributed by atoms with E-state index in [1.165, 1.54) is 0 Å². The van der Waals surface area contributed by atoms with Crippen LogP contribution >= 0.6 is 0 Å². The molecule has 0 saturated carbocycles. The summed E-state index contributed by atoms with van der Waals surface area (Å²) < 4.78 is 13.1. The Balaban J connectivity index is 1.83. The molecule has 0 aromatic carbocycles. The maximum Gasteiger partial charge on any atom is 0.289 e. The lowest BCUT2D eigenvalue weighted by atomic mass is 10.1. The van der Waals surface area contributed by atoms with Crippen LogP contribution in [0.25, 0.3) is 0 Å². The molecular formula is C15H20N2O3. The van der Waals surface area contributed by atoms with Gasteiger partial charge in [-0.15, -0.1) is 0 Å². The van der Waals surface area contributed by atoms with E-state index in [-0.39, 0.29) is 11.9 Å². The largest absolute Gasteiger partial charge is 0.488 e. The molecule has 5 nitrogen and oxygen atoms in total. The van der Waals surface area contributed by atoms with E-state index in [4.69, 9.17) is 9.47 Å². The number of carbonyl (C=O) groups excluding carboxylic acids is 1. The second kappa shape index (κ2) is 5.71. The molecule has 1 aromatic rings.